The zero-order valence-corrected chi connectivity index (χ0v) is 15.0. The molecule has 1 unspecified atom stereocenters. The Balaban J connectivity index is 1.43. The van der Waals surface area contributed by atoms with Crippen molar-refractivity contribution in [3.63, 3.8) is 0 Å². The van der Waals surface area contributed by atoms with Crippen LogP contribution in [0.5, 0.6) is 5.75 Å². The molecule has 2 heterocycles. The molecule has 0 fully saturated rings. The number of benzene rings is 1. The molecule has 0 radical (unpaired) electrons. The second kappa shape index (κ2) is 8.55. The molecule has 1 aromatic carbocycles. The number of aromatic nitrogens is 2. The Hall–Kier alpha value is -2.50. The van der Waals surface area contributed by atoms with Gasteiger partial charge in [-0.05, 0) is 37.0 Å². The van der Waals surface area contributed by atoms with E-state index in [1.165, 1.54) is 11.1 Å². The molecule has 0 aliphatic carbocycles. The zero-order chi connectivity index (χ0) is 17.5. The van der Waals surface area contributed by atoms with Gasteiger partial charge in [-0.1, -0.05) is 18.2 Å². The van der Waals surface area contributed by atoms with Gasteiger partial charge in [0.2, 0.25) is 0 Å². The van der Waals surface area contributed by atoms with Crippen molar-refractivity contribution >= 4 is 5.96 Å². The highest BCUT2D eigenvalue weighted by molar-refractivity contribution is 5.79. The number of hydrogen-bond donors (Lipinski definition) is 2. The van der Waals surface area contributed by atoms with E-state index in [1.807, 2.05) is 30.1 Å². The molecular weight excluding hydrogens is 314 g/mol. The van der Waals surface area contributed by atoms with Crippen molar-refractivity contribution in [2.24, 2.45) is 12.0 Å². The van der Waals surface area contributed by atoms with Gasteiger partial charge in [-0.15, -0.1) is 0 Å². The van der Waals surface area contributed by atoms with Gasteiger partial charge in [-0.25, -0.2) is 4.99 Å². The van der Waals surface area contributed by atoms with Crippen LogP contribution in [0.25, 0.3) is 0 Å². The van der Waals surface area contributed by atoms with Crippen molar-refractivity contribution in [1.82, 2.24) is 20.4 Å². The maximum absolute atomic E-state index is 5.95. The largest absolute Gasteiger partial charge is 0.488 e. The Morgan fingerprint density at radius 3 is 3.00 bits per heavy atom. The molecule has 2 N–H and O–H groups in total. The van der Waals surface area contributed by atoms with Gasteiger partial charge in [0, 0.05) is 32.8 Å². The van der Waals surface area contributed by atoms with Gasteiger partial charge in [-0.3, -0.25) is 4.68 Å². The zero-order valence-electron chi connectivity index (χ0n) is 15.0. The highest BCUT2D eigenvalue weighted by Gasteiger charge is 2.21. The van der Waals surface area contributed by atoms with E-state index in [2.05, 4.69) is 46.0 Å². The number of hydrogen-bond acceptors (Lipinski definition) is 3. The lowest BCUT2D eigenvalue weighted by molar-refractivity contribution is 0.241. The van der Waals surface area contributed by atoms with E-state index in [9.17, 15) is 0 Å². The number of rotatable bonds is 7. The number of ether oxygens (including phenoxy) is 1. The smallest absolute Gasteiger partial charge is 0.191 e. The maximum atomic E-state index is 5.95. The number of guanidine groups is 1. The van der Waals surface area contributed by atoms with E-state index in [-0.39, 0.29) is 6.10 Å². The minimum Gasteiger partial charge on any atom is -0.488 e. The van der Waals surface area contributed by atoms with Gasteiger partial charge in [0.1, 0.15) is 11.9 Å². The summed E-state index contributed by atoms with van der Waals surface area (Å²) in [5, 5.41) is 10.9. The Morgan fingerprint density at radius 1 is 1.36 bits per heavy atom. The molecule has 0 spiro atoms. The summed E-state index contributed by atoms with van der Waals surface area (Å²) in [7, 11) is 1.95. The summed E-state index contributed by atoms with van der Waals surface area (Å²) < 4.78 is 7.79. The van der Waals surface area contributed by atoms with Crippen LogP contribution in [0.4, 0.5) is 0 Å². The van der Waals surface area contributed by atoms with Crippen LogP contribution >= 0.6 is 0 Å². The predicted octanol–water partition coefficient (Wildman–Crippen LogP) is 1.91. The van der Waals surface area contributed by atoms with Crippen molar-refractivity contribution in [2.75, 3.05) is 19.6 Å². The molecule has 134 valence electrons. The second-order valence-electron chi connectivity index (χ2n) is 6.32. The number of aliphatic imine (C=N–C) groups is 1. The molecule has 0 amide bonds. The Kier molecular flexibility index (Phi) is 5.93. The number of aryl methyl sites for hydroxylation is 2. The Labute approximate surface area is 149 Å². The molecule has 0 saturated heterocycles. The van der Waals surface area contributed by atoms with Crippen LogP contribution in [0.2, 0.25) is 0 Å². The molecule has 3 rings (SSSR count). The van der Waals surface area contributed by atoms with E-state index in [4.69, 9.17) is 4.74 Å². The van der Waals surface area contributed by atoms with Crippen LogP contribution in [0.3, 0.4) is 0 Å². The van der Waals surface area contributed by atoms with Gasteiger partial charge in [0.05, 0.1) is 12.7 Å². The predicted molar refractivity (Wildman–Crippen MR) is 100 cm³/mol. The molecule has 2 aromatic rings. The first kappa shape index (κ1) is 17.3. The quantitative estimate of drug-likeness (QED) is 0.459. The van der Waals surface area contributed by atoms with Gasteiger partial charge < -0.3 is 15.4 Å². The number of nitrogens with zero attached hydrogens (tertiary/aromatic N) is 3. The van der Waals surface area contributed by atoms with Crippen molar-refractivity contribution in [3.8, 4) is 5.75 Å². The van der Waals surface area contributed by atoms with Gasteiger partial charge in [-0.2, -0.15) is 5.10 Å². The van der Waals surface area contributed by atoms with Crippen LogP contribution in [0.15, 0.2) is 41.7 Å². The minimum absolute atomic E-state index is 0.128. The molecule has 6 nitrogen and oxygen atoms in total. The van der Waals surface area contributed by atoms with Crippen molar-refractivity contribution in [1.29, 1.82) is 0 Å². The van der Waals surface area contributed by atoms with E-state index >= 15 is 0 Å². The third-order valence-electron chi connectivity index (χ3n) is 4.20. The molecule has 1 aromatic heterocycles. The number of para-hydroxylation sites is 1. The monoisotopic (exact) mass is 341 g/mol. The lowest BCUT2D eigenvalue weighted by Gasteiger charge is -2.13. The van der Waals surface area contributed by atoms with Gasteiger partial charge in [0.25, 0.3) is 0 Å². The highest BCUT2D eigenvalue weighted by Crippen LogP contribution is 2.28. The first-order valence-corrected chi connectivity index (χ1v) is 8.99. The van der Waals surface area contributed by atoms with Gasteiger partial charge >= 0.3 is 0 Å². The summed E-state index contributed by atoms with van der Waals surface area (Å²) in [5.41, 5.74) is 2.54. The lowest BCUT2D eigenvalue weighted by atomic mass is 10.1. The summed E-state index contributed by atoms with van der Waals surface area (Å²) in [6.07, 6.45) is 7.11. The summed E-state index contributed by atoms with van der Waals surface area (Å²) in [6, 6.07) is 8.22. The van der Waals surface area contributed by atoms with Gasteiger partial charge in [0.15, 0.2) is 5.96 Å². The van der Waals surface area contributed by atoms with Crippen LogP contribution in [-0.2, 0) is 19.9 Å². The molecule has 25 heavy (non-hydrogen) atoms. The van der Waals surface area contributed by atoms with Crippen LogP contribution in [0, 0.1) is 0 Å². The fourth-order valence-corrected chi connectivity index (χ4v) is 2.99. The van der Waals surface area contributed by atoms with E-state index in [0.29, 0.717) is 6.54 Å². The van der Waals surface area contributed by atoms with E-state index < -0.39 is 0 Å². The standard InChI is InChI=1S/C19H27N5O/c1-3-20-19(21-10-6-7-15-12-23-24(2)14-15)22-13-17-11-16-8-4-5-9-18(16)25-17/h4-5,8-9,12,14,17H,3,6-7,10-11,13H2,1-2H3,(H2,20,21,22). The van der Waals surface area contributed by atoms with Crippen LogP contribution in [0.1, 0.15) is 24.5 Å². The maximum Gasteiger partial charge on any atom is 0.191 e. The topological polar surface area (TPSA) is 63.5 Å². The average Bonchev–Trinajstić information content (AvgIpc) is 3.21. The normalized spacial score (nSPS) is 16.4. The first-order valence-electron chi connectivity index (χ1n) is 8.99. The number of fused-ring (bicyclic) bond motifs is 1. The summed E-state index contributed by atoms with van der Waals surface area (Å²) >= 11 is 0. The molecular formula is C19H27N5O. The first-order chi connectivity index (χ1) is 12.2. The molecule has 0 saturated carbocycles. The molecule has 1 atom stereocenters. The van der Waals surface area contributed by atoms with Crippen molar-refractivity contribution < 1.29 is 4.74 Å². The van der Waals surface area contributed by atoms with E-state index in [0.717, 1.165) is 44.1 Å². The highest BCUT2D eigenvalue weighted by atomic mass is 16.5. The summed E-state index contributed by atoms with van der Waals surface area (Å²) in [6.45, 7) is 4.47. The molecule has 1 aliphatic heterocycles. The molecule has 1 aliphatic rings. The van der Waals surface area contributed by atoms with Crippen LogP contribution < -0.4 is 15.4 Å². The fraction of sp³-hybridized carbons (Fsp3) is 0.474. The summed E-state index contributed by atoms with van der Waals surface area (Å²) in [5.74, 6) is 1.85. The van der Waals surface area contributed by atoms with Crippen molar-refractivity contribution in [2.45, 2.75) is 32.3 Å². The number of nitrogens with one attached hydrogen (secondary N) is 2. The molecule has 0 bridgehead atoms. The second-order valence-corrected chi connectivity index (χ2v) is 6.32. The molecule has 6 heteroatoms. The minimum atomic E-state index is 0.128. The lowest BCUT2D eigenvalue weighted by Crippen LogP contribution is -2.38. The van der Waals surface area contributed by atoms with Crippen LogP contribution in [-0.4, -0.2) is 41.5 Å². The van der Waals surface area contributed by atoms with E-state index in [1.54, 1.807) is 0 Å². The SMILES string of the molecule is CCNC(=NCC1Cc2ccccc2O1)NCCCc1cnn(C)c1. The third kappa shape index (κ3) is 4.98. The summed E-state index contributed by atoms with van der Waals surface area (Å²) in [4.78, 5) is 4.68. The third-order valence-corrected chi connectivity index (χ3v) is 4.20. The Morgan fingerprint density at radius 2 is 2.24 bits per heavy atom. The van der Waals surface area contributed by atoms with Crippen molar-refractivity contribution in [3.05, 3.63) is 47.8 Å². The fourth-order valence-electron chi connectivity index (χ4n) is 2.99. The average molecular weight is 341 g/mol. The Bertz CT molecular complexity index is 684.